The Labute approximate surface area is 146 Å². The minimum Gasteiger partial charge on any atom is -0.496 e. The van der Waals surface area contributed by atoms with E-state index >= 15 is 0 Å². The van der Waals surface area contributed by atoms with Crippen molar-refractivity contribution in [2.45, 2.75) is 6.18 Å². The molecule has 0 aliphatic rings. The van der Waals surface area contributed by atoms with Crippen LogP contribution in [0.25, 0.3) is 0 Å². The van der Waals surface area contributed by atoms with E-state index in [0.717, 1.165) is 0 Å². The van der Waals surface area contributed by atoms with Crippen LogP contribution in [0.15, 0.2) is 42.5 Å². The van der Waals surface area contributed by atoms with E-state index in [4.69, 9.17) is 9.47 Å². The molecule has 2 rings (SSSR count). The summed E-state index contributed by atoms with van der Waals surface area (Å²) in [5.74, 6) is -2.15. The minimum atomic E-state index is -5.01. The SMILES string of the molecule is COc1cccc(OC)c1C(=O)Nc1cccc(NC(=O)C(F)(F)F)c1. The Morgan fingerprint density at radius 3 is 1.88 bits per heavy atom. The molecule has 0 aromatic heterocycles. The van der Waals surface area contributed by atoms with Gasteiger partial charge in [0.15, 0.2) is 0 Å². The highest BCUT2D eigenvalue weighted by atomic mass is 19.4. The average Bonchev–Trinajstić information content (AvgIpc) is 2.60. The second-order valence-electron chi connectivity index (χ2n) is 5.02. The molecule has 2 amide bonds. The molecule has 0 heterocycles. The lowest BCUT2D eigenvalue weighted by atomic mass is 10.1. The number of hydrogen-bond acceptors (Lipinski definition) is 4. The van der Waals surface area contributed by atoms with Crippen LogP contribution in [-0.4, -0.2) is 32.2 Å². The maximum atomic E-state index is 12.5. The van der Waals surface area contributed by atoms with Crippen LogP contribution in [0.3, 0.4) is 0 Å². The quantitative estimate of drug-likeness (QED) is 0.848. The molecular weight excluding hydrogens is 353 g/mol. The molecule has 0 aliphatic heterocycles. The number of rotatable bonds is 5. The van der Waals surface area contributed by atoms with E-state index in [-0.39, 0.29) is 28.4 Å². The van der Waals surface area contributed by atoms with Crippen molar-refractivity contribution in [3.8, 4) is 11.5 Å². The molecule has 0 radical (unpaired) electrons. The monoisotopic (exact) mass is 368 g/mol. The van der Waals surface area contributed by atoms with Crippen LogP contribution < -0.4 is 20.1 Å². The summed E-state index contributed by atoms with van der Waals surface area (Å²) in [6.45, 7) is 0. The number of amides is 2. The third-order valence-corrected chi connectivity index (χ3v) is 3.29. The third kappa shape index (κ3) is 4.44. The van der Waals surface area contributed by atoms with Gasteiger partial charge in [-0.2, -0.15) is 13.2 Å². The van der Waals surface area contributed by atoms with Crippen molar-refractivity contribution < 1.29 is 32.2 Å². The molecule has 0 saturated heterocycles. The molecule has 0 spiro atoms. The van der Waals surface area contributed by atoms with Crippen molar-refractivity contribution in [2.24, 2.45) is 0 Å². The number of carbonyl (C=O) groups excluding carboxylic acids is 2. The van der Waals surface area contributed by atoms with Gasteiger partial charge in [0, 0.05) is 11.4 Å². The number of hydrogen-bond donors (Lipinski definition) is 2. The smallest absolute Gasteiger partial charge is 0.471 e. The van der Waals surface area contributed by atoms with Crippen LogP contribution in [0.4, 0.5) is 24.5 Å². The minimum absolute atomic E-state index is 0.114. The summed E-state index contributed by atoms with van der Waals surface area (Å²) in [5.41, 5.74) is 0.197. The van der Waals surface area contributed by atoms with Gasteiger partial charge in [-0.15, -0.1) is 0 Å². The van der Waals surface area contributed by atoms with Gasteiger partial charge in [0.25, 0.3) is 5.91 Å². The Balaban J connectivity index is 2.23. The molecule has 0 fully saturated rings. The van der Waals surface area contributed by atoms with Crippen molar-refractivity contribution in [1.82, 2.24) is 0 Å². The molecule has 0 bridgehead atoms. The van der Waals surface area contributed by atoms with Crippen molar-refractivity contribution in [1.29, 1.82) is 0 Å². The fourth-order valence-electron chi connectivity index (χ4n) is 2.15. The van der Waals surface area contributed by atoms with Gasteiger partial charge in [0.2, 0.25) is 0 Å². The first-order valence-electron chi connectivity index (χ1n) is 7.27. The summed E-state index contributed by atoms with van der Waals surface area (Å²) in [6, 6.07) is 10.1. The maximum Gasteiger partial charge on any atom is 0.471 e. The predicted octanol–water partition coefficient (Wildman–Crippen LogP) is 3.46. The number of halogens is 3. The Morgan fingerprint density at radius 1 is 0.885 bits per heavy atom. The summed E-state index contributed by atoms with van der Waals surface area (Å²) in [6.07, 6.45) is -5.01. The summed E-state index contributed by atoms with van der Waals surface area (Å²) in [7, 11) is 2.78. The molecule has 0 atom stereocenters. The molecule has 26 heavy (non-hydrogen) atoms. The van der Waals surface area contributed by atoms with Crippen molar-refractivity contribution in [3.05, 3.63) is 48.0 Å². The zero-order valence-electron chi connectivity index (χ0n) is 13.8. The molecule has 9 heteroatoms. The zero-order valence-corrected chi connectivity index (χ0v) is 13.8. The lowest BCUT2D eigenvalue weighted by molar-refractivity contribution is -0.167. The largest absolute Gasteiger partial charge is 0.496 e. The first-order chi connectivity index (χ1) is 12.3. The molecule has 6 nitrogen and oxygen atoms in total. The summed E-state index contributed by atoms with van der Waals surface area (Å²) in [4.78, 5) is 23.5. The van der Waals surface area contributed by atoms with Gasteiger partial charge >= 0.3 is 12.1 Å². The van der Waals surface area contributed by atoms with Crippen molar-refractivity contribution >= 4 is 23.2 Å². The fraction of sp³-hybridized carbons (Fsp3) is 0.176. The van der Waals surface area contributed by atoms with Crippen LogP contribution in [0.1, 0.15) is 10.4 Å². The second-order valence-corrected chi connectivity index (χ2v) is 5.02. The Bertz CT molecular complexity index is 800. The molecule has 2 aromatic carbocycles. The van der Waals surface area contributed by atoms with Crippen molar-refractivity contribution in [2.75, 3.05) is 24.9 Å². The number of alkyl halides is 3. The normalized spacial score (nSPS) is 10.8. The number of anilines is 2. The number of benzene rings is 2. The molecule has 0 unspecified atom stereocenters. The zero-order chi connectivity index (χ0) is 19.3. The molecule has 2 aromatic rings. The maximum absolute atomic E-state index is 12.5. The standard InChI is InChI=1S/C17H15F3N2O4/c1-25-12-7-4-8-13(26-2)14(12)15(23)21-10-5-3-6-11(9-10)22-16(24)17(18,19)20/h3-9H,1-2H3,(H,21,23)(H,22,24). The van der Waals surface area contributed by atoms with Crippen LogP contribution >= 0.6 is 0 Å². The topological polar surface area (TPSA) is 76.7 Å². The molecular formula is C17H15F3N2O4. The number of carbonyl (C=O) groups is 2. The number of nitrogens with one attached hydrogen (secondary N) is 2. The van der Waals surface area contributed by atoms with Crippen LogP contribution in [0, 0.1) is 0 Å². The first kappa shape index (κ1) is 19.1. The summed E-state index contributed by atoms with van der Waals surface area (Å²) < 4.78 is 47.2. The number of ether oxygens (including phenoxy) is 2. The Hall–Kier alpha value is -3.23. The summed E-state index contributed by atoms with van der Waals surface area (Å²) in [5, 5.41) is 4.24. The van der Waals surface area contributed by atoms with E-state index in [0.29, 0.717) is 0 Å². The van der Waals surface area contributed by atoms with Crippen LogP contribution in [0.2, 0.25) is 0 Å². The van der Waals surface area contributed by atoms with Crippen LogP contribution in [-0.2, 0) is 4.79 Å². The molecule has 138 valence electrons. The number of methoxy groups -OCH3 is 2. The van der Waals surface area contributed by atoms with E-state index in [1.54, 1.807) is 23.5 Å². The van der Waals surface area contributed by atoms with Crippen LogP contribution in [0.5, 0.6) is 11.5 Å². The Kier molecular flexibility index (Phi) is 5.71. The highest BCUT2D eigenvalue weighted by Crippen LogP contribution is 2.29. The van der Waals surface area contributed by atoms with Gasteiger partial charge in [-0.3, -0.25) is 9.59 Å². The van der Waals surface area contributed by atoms with E-state index in [9.17, 15) is 22.8 Å². The third-order valence-electron chi connectivity index (χ3n) is 3.29. The molecule has 0 saturated carbocycles. The van der Waals surface area contributed by atoms with Gasteiger partial charge in [-0.05, 0) is 30.3 Å². The predicted molar refractivity (Wildman–Crippen MR) is 88.6 cm³/mol. The average molecular weight is 368 g/mol. The van der Waals surface area contributed by atoms with E-state index in [1.165, 1.54) is 38.5 Å². The van der Waals surface area contributed by atoms with Gasteiger partial charge in [0.05, 0.1) is 14.2 Å². The van der Waals surface area contributed by atoms with Crippen molar-refractivity contribution in [3.63, 3.8) is 0 Å². The molecule has 0 aliphatic carbocycles. The van der Waals surface area contributed by atoms with Gasteiger partial charge < -0.3 is 20.1 Å². The fourth-order valence-corrected chi connectivity index (χ4v) is 2.15. The van der Waals surface area contributed by atoms with E-state index in [1.807, 2.05) is 0 Å². The second kappa shape index (κ2) is 7.77. The lowest BCUT2D eigenvalue weighted by Gasteiger charge is -2.14. The summed E-state index contributed by atoms with van der Waals surface area (Å²) >= 11 is 0. The highest BCUT2D eigenvalue weighted by molar-refractivity contribution is 6.08. The van der Waals surface area contributed by atoms with Gasteiger partial charge in [0.1, 0.15) is 17.1 Å². The molecule has 2 N–H and O–H groups in total. The van der Waals surface area contributed by atoms with E-state index in [2.05, 4.69) is 5.32 Å². The van der Waals surface area contributed by atoms with Gasteiger partial charge in [-0.25, -0.2) is 0 Å². The Morgan fingerprint density at radius 2 is 1.38 bits per heavy atom. The van der Waals surface area contributed by atoms with Gasteiger partial charge in [-0.1, -0.05) is 12.1 Å². The first-order valence-corrected chi connectivity index (χ1v) is 7.27. The van der Waals surface area contributed by atoms with E-state index < -0.39 is 18.0 Å². The highest BCUT2D eigenvalue weighted by Gasteiger charge is 2.38. The lowest BCUT2D eigenvalue weighted by Crippen LogP contribution is -2.29.